The Morgan fingerprint density at radius 1 is 1.17 bits per heavy atom. The summed E-state index contributed by atoms with van der Waals surface area (Å²) in [6.45, 7) is 5.26. The second kappa shape index (κ2) is 9.01. The fourth-order valence-electron chi connectivity index (χ4n) is 1.15. The van der Waals surface area contributed by atoms with Crippen molar-refractivity contribution < 1.29 is 9.84 Å². The molecule has 2 nitrogen and oxygen atoms in total. The molecule has 0 amide bonds. The van der Waals surface area contributed by atoms with Crippen LogP contribution in [0.15, 0.2) is 0 Å². The second-order valence-corrected chi connectivity index (χ2v) is 3.17. The van der Waals surface area contributed by atoms with Crippen LogP contribution in [0, 0.1) is 0 Å². The van der Waals surface area contributed by atoms with Crippen LogP contribution in [0.1, 0.15) is 46.0 Å². The summed E-state index contributed by atoms with van der Waals surface area (Å²) >= 11 is 0. The predicted molar refractivity (Wildman–Crippen MR) is 51.3 cm³/mol. The molecule has 0 fully saturated rings. The Morgan fingerprint density at radius 2 is 1.92 bits per heavy atom. The Morgan fingerprint density at radius 3 is 2.42 bits per heavy atom. The van der Waals surface area contributed by atoms with E-state index in [9.17, 15) is 0 Å². The third-order valence-electron chi connectivity index (χ3n) is 1.92. The minimum atomic E-state index is 0.0758. The summed E-state index contributed by atoms with van der Waals surface area (Å²) in [5.41, 5.74) is 0. The number of hydrogen-bond acceptors (Lipinski definition) is 2. The van der Waals surface area contributed by atoms with E-state index < -0.39 is 0 Å². The van der Waals surface area contributed by atoms with Gasteiger partial charge in [-0.2, -0.15) is 0 Å². The Hall–Kier alpha value is -0.0800. The predicted octanol–water partition coefficient (Wildman–Crippen LogP) is 2.35. The van der Waals surface area contributed by atoms with E-state index in [1.54, 1.807) is 0 Å². The summed E-state index contributed by atoms with van der Waals surface area (Å²) in [5, 5.41) is 8.89. The zero-order chi connectivity index (χ0) is 9.23. The molecule has 0 saturated carbocycles. The molecule has 0 radical (unpaired) electrons. The number of unbranched alkanes of at least 4 members (excludes halogenated alkanes) is 2. The molecule has 2 heteroatoms. The van der Waals surface area contributed by atoms with Crippen molar-refractivity contribution in [2.45, 2.75) is 52.1 Å². The molecule has 1 N–H and O–H groups in total. The van der Waals surface area contributed by atoms with Crippen LogP contribution in [0.5, 0.6) is 0 Å². The van der Waals surface area contributed by atoms with E-state index >= 15 is 0 Å². The summed E-state index contributed by atoms with van der Waals surface area (Å²) in [6.07, 6.45) is 5.70. The van der Waals surface area contributed by atoms with E-state index in [1.807, 2.05) is 0 Å². The topological polar surface area (TPSA) is 29.5 Å². The van der Waals surface area contributed by atoms with Crippen LogP contribution in [0.25, 0.3) is 0 Å². The molecule has 1 atom stereocenters. The van der Waals surface area contributed by atoms with Crippen molar-refractivity contribution in [1.29, 1.82) is 0 Å². The van der Waals surface area contributed by atoms with Gasteiger partial charge in [-0.3, -0.25) is 0 Å². The molecular weight excluding hydrogens is 152 g/mol. The molecule has 74 valence electrons. The largest absolute Gasteiger partial charge is 0.394 e. The van der Waals surface area contributed by atoms with E-state index in [4.69, 9.17) is 9.84 Å². The van der Waals surface area contributed by atoms with E-state index in [0.717, 1.165) is 25.9 Å². The normalized spacial score (nSPS) is 13.2. The van der Waals surface area contributed by atoms with Gasteiger partial charge in [-0.1, -0.05) is 33.1 Å². The summed E-state index contributed by atoms with van der Waals surface area (Å²) in [6, 6.07) is 0. The van der Waals surface area contributed by atoms with E-state index in [-0.39, 0.29) is 12.7 Å². The highest BCUT2D eigenvalue weighted by Gasteiger charge is 2.04. The van der Waals surface area contributed by atoms with Crippen molar-refractivity contribution in [3.63, 3.8) is 0 Å². The van der Waals surface area contributed by atoms with Crippen LogP contribution in [0.4, 0.5) is 0 Å². The molecule has 0 aliphatic heterocycles. The van der Waals surface area contributed by atoms with Crippen molar-refractivity contribution in [2.24, 2.45) is 0 Å². The Bertz CT molecular complexity index is 83.9. The van der Waals surface area contributed by atoms with Gasteiger partial charge in [0.15, 0.2) is 0 Å². The number of aliphatic hydroxyl groups excluding tert-OH is 1. The third kappa shape index (κ3) is 6.62. The number of hydrogen-bond donors (Lipinski definition) is 1. The Kier molecular flexibility index (Phi) is 8.95. The fraction of sp³-hybridized carbons (Fsp3) is 1.00. The first-order chi connectivity index (χ1) is 5.85. The van der Waals surface area contributed by atoms with Gasteiger partial charge in [0.25, 0.3) is 0 Å². The van der Waals surface area contributed by atoms with Crippen molar-refractivity contribution in [2.75, 3.05) is 13.2 Å². The quantitative estimate of drug-likeness (QED) is 0.572. The molecule has 0 bridgehead atoms. The smallest absolute Gasteiger partial charge is 0.0805 e. The Balaban J connectivity index is 3.19. The van der Waals surface area contributed by atoms with Gasteiger partial charge in [-0.05, 0) is 12.8 Å². The molecule has 0 heterocycles. The van der Waals surface area contributed by atoms with Crippen molar-refractivity contribution >= 4 is 0 Å². The third-order valence-corrected chi connectivity index (χ3v) is 1.92. The summed E-state index contributed by atoms with van der Waals surface area (Å²) < 4.78 is 5.48. The second-order valence-electron chi connectivity index (χ2n) is 3.17. The molecule has 0 aromatic heterocycles. The van der Waals surface area contributed by atoms with Crippen LogP contribution in [-0.4, -0.2) is 24.4 Å². The highest BCUT2D eigenvalue weighted by Crippen LogP contribution is 2.03. The lowest BCUT2D eigenvalue weighted by Crippen LogP contribution is -2.17. The SMILES string of the molecule is CCCCCOC(CO)CCC. The fourth-order valence-corrected chi connectivity index (χ4v) is 1.15. The average molecular weight is 174 g/mol. The highest BCUT2D eigenvalue weighted by molar-refractivity contribution is 4.54. The number of ether oxygens (including phenoxy) is 1. The maximum absolute atomic E-state index is 8.89. The molecule has 0 spiro atoms. The van der Waals surface area contributed by atoms with Crippen LogP contribution in [-0.2, 0) is 4.74 Å². The van der Waals surface area contributed by atoms with Gasteiger partial charge in [0.05, 0.1) is 12.7 Å². The maximum Gasteiger partial charge on any atom is 0.0805 e. The minimum absolute atomic E-state index is 0.0758. The van der Waals surface area contributed by atoms with Gasteiger partial charge in [0, 0.05) is 6.61 Å². The lowest BCUT2D eigenvalue weighted by atomic mass is 10.2. The van der Waals surface area contributed by atoms with Gasteiger partial charge in [-0.15, -0.1) is 0 Å². The van der Waals surface area contributed by atoms with Crippen LogP contribution >= 0.6 is 0 Å². The van der Waals surface area contributed by atoms with Crippen LogP contribution in [0.2, 0.25) is 0 Å². The zero-order valence-electron chi connectivity index (χ0n) is 8.38. The molecule has 0 saturated heterocycles. The first-order valence-electron chi connectivity index (χ1n) is 5.07. The summed E-state index contributed by atoms with van der Waals surface area (Å²) in [5.74, 6) is 0. The van der Waals surface area contributed by atoms with E-state index in [2.05, 4.69) is 13.8 Å². The summed E-state index contributed by atoms with van der Waals surface area (Å²) in [4.78, 5) is 0. The van der Waals surface area contributed by atoms with Gasteiger partial charge in [0.2, 0.25) is 0 Å². The molecule has 1 unspecified atom stereocenters. The standard InChI is InChI=1S/C10H22O2/c1-3-5-6-8-12-10(9-11)7-4-2/h10-11H,3-9H2,1-2H3. The van der Waals surface area contributed by atoms with Crippen LogP contribution in [0.3, 0.4) is 0 Å². The van der Waals surface area contributed by atoms with Crippen molar-refractivity contribution in [3.05, 3.63) is 0 Å². The highest BCUT2D eigenvalue weighted by atomic mass is 16.5. The number of rotatable bonds is 8. The van der Waals surface area contributed by atoms with Crippen LogP contribution < -0.4 is 0 Å². The van der Waals surface area contributed by atoms with E-state index in [1.165, 1.54) is 12.8 Å². The van der Waals surface area contributed by atoms with E-state index in [0.29, 0.717) is 0 Å². The molecule has 0 aliphatic rings. The zero-order valence-corrected chi connectivity index (χ0v) is 8.38. The van der Waals surface area contributed by atoms with Gasteiger partial charge < -0.3 is 9.84 Å². The molecule has 0 aromatic carbocycles. The lowest BCUT2D eigenvalue weighted by Gasteiger charge is -2.13. The maximum atomic E-state index is 8.89. The first-order valence-corrected chi connectivity index (χ1v) is 5.07. The Labute approximate surface area is 75.9 Å². The van der Waals surface area contributed by atoms with Gasteiger partial charge >= 0.3 is 0 Å². The molecule has 0 aromatic rings. The minimum Gasteiger partial charge on any atom is -0.394 e. The molecule has 0 rings (SSSR count). The first kappa shape index (κ1) is 11.9. The lowest BCUT2D eigenvalue weighted by molar-refractivity contribution is 0.00617. The summed E-state index contributed by atoms with van der Waals surface area (Å²) in [7, 11) is 0. The number of aliphatic hydroxyl groups is 1. The van der Waals surface area contributed by atoms with Crippen molar-refractivity contribution in [3.8, 4) is 0 Å². The molecule has 12 heavy (non-hydrogen) atoms. The molecular formula is C10H22O2. The monoisotopic (exact) mass is 174 g/mol. The molecule has 0 aliphatic carbocycles. The van der Waals surface area contributed by atoms with Gasteiger partial charge in [-0.25, -0.2) is 0 Å². The van der Waals surface area contributed by atoms with Crippen molar-refractivity contribution in [1.82, 2.24) is 0 Å². The van der Waals surface area contributed by atoms with Gasteiger partial charge in [0.1, 0.15) is 0 Å². The average Bonchev–Trinajstić information content (AvgIpc) is 2.10.